The van der Waals surface area contributed by atoms with Gasteiger partial charge >= 0.3 is 0 Å². The topological polar surface area (TPSA) is 0 Å². The van der Waals surface area contributed by atoms with E-state index in [1.165, 1.54) is 61.6 Å². The van der Waals surface area contributed by atoms with Crippen LogP contribution >= 0.6 is 0 Å². The third-order valence-electron chi connectivity index (χ3n) is 6.17. The van der Waals surface area contributed by atoms with Crippen molar-refractivity contribution in [2.75, 3.05) is 0 Å². The average Bonchev–Trinajstić information content (AvgIpc) is 2.83. The monoisotopic (exact) mass is 426 g/mol. The summed E-state index contributed by atoms with van der Waals surface area (Å²) in [7, 11) is 0. The summed E-state index contributed by atoms with van der Waals surface area (Å²) in [6, 6.07) is 32.9. The molecule has 0 saturated carbocycles. The predicted octanol–water partition coefficient (Wildman–Crippen LogP) is 8.67. The Hall–Kier alpha value is -2.64. The molecule has 0 aliphatic rings. The fraction of sp³-hybridized carbons (Fsp3) is 0.355. The Morgan fingerprint density at radius 2 is 0.938 bits per heavy atom. The Morgan fingerprint density at radius 3 is 1.38 bits per heavy atom. The highest BCUT2D eigenvalue weighted by Crippen LogP contribution is 2.25. The van der Waals surface area contributed by atoms with Gasteiger partial charge in [-0.3, -0.25) is 4.48 Å². The standard InChI is InChI=1S/C31H40N/c1-2-3-4-5-6-7-8-18-25-32(26-29-19-12-9-13-20-29,27-30-21-14-10-15-22-30)28-31-23-16-11-17-24-31/h9-25H,2-8,26-28H2,1H3/q+1/b25-18+. The smallest absolute Gasteiger partial charge is 0.109 e. The van der Waals surface area contributed by atoms with Crippen LogP contribution in [0.5, 0.6) is 0 Å². The van der Waals surface area contributed by atoms with Crippen LogP contribution in [0.4, 0.5) is 0 Å². The normalized spacial score (nSPS) is 11.8. The second kappa shape index (κ2) is 13.7. The highest BCUT2D eigenvalue weighted by molar-refractivity contribution is 5.17. The lowest BCUT2D eigenvalue weighted by molar-refractivity contribution is -0.919. The highest BCUT2D eigenvalue weighted by atomic mass is 15.3. The van der Waals surface area contributed by atoms with Crippen LogP contribution in [0.1, 0.15) is 68.6 Å². The van der Waals surface area contributed by atoms with E-state index < -0.39 is 0 Å². The lowest BCUT2D eigenvalue weighted by Gasteiger charge is -2.36. The summed E-state index contributed by atoms with van der Waals surface area (Å²) in [4.78, 5) is 0. The molecule has 0 N–H and O–H groups in total. The van der Waals surface area contributed by atoms with Crippen LogP contribution in [0.2, 0.25) is 0 Å². The number of allylic oxidation sites excluding steroid dienone is 1. The molecule has 0 aliphatic carbocycles. The molecule has 0 saturated heterocycles. The van der Waals surface area contributed by atoms with Gasteiger partial charge in [0.1, 0.15) is 19.6 Å². The van der Waals surface area contributed by atoms with Crippen molar-refractivity contribution >= 4 is 0 Å². The minimum absolute atomic E-state index is 0.911. The maximum Gasteiger partial charge on any atom is 0.109 e. The van der Waals surface area contributed by atoms with Gasteiger partial charge in [0.2, 0.25) is 0 Å². The molecule has 0 heterocycles. The Bertz CT molecular complexity index is 782. The van der Waals surface area contributed by atoms with Gasteiger partial charge in [-0.25, -0.2) is 0 Å². The minimum atomic E-state index is 0.911. The Balaban J connectivity index is 1.80. The van der Waals surface area contributed by atoms with E-state index in [0.717, 1.165) is 24.1 Å². The number of hydrogen-bond acceptors (Lipinski definition) is 0. The van der Waals surface area contributed by atoms with Gasteiger partial charge in [-0.2, -0.15) is 0 Å². The molecule has 0 radical (unpaired) electrons. The number of hydrogen-bond donors (Lipinski definition) is 0. The van der Waals surface area contributed by atoms with Gasteiger partial charge in [0, 0.05) is 16.7 Å². The third kappa shape index (κ3) is 8.48. The maximum atomic E-state index is 2.50. The molecule has 0 aliphatic heterocycles. The number of benzene rings is 3. The van der Waals surface area contributed by atoms with Crippen LogP contribution in [0.3, 0.4) is 0 Å². The van der Waals surface area contributed by atoms with Gasteiger partial charge in [0.15, 0.2) is 0 Å². The molecule has 0 amide bonds. The van der Waals surface area contributed by atoms with Gasteiger partial charge in [-0.1, -0.05) is 130 Å². The fourth-order valence-corrected chi connectivity index (χ4v) is 4.51. The van der Waals surface area contributed by atoms with Crippen molar-refractivity contribution in [2.24, 2.45) is 0 Å². The zero-order valence-corrected chi connectivity index (χ0v) is 19.8. The van der Waals surface area contributed by atoms with E-state index in [1.807, 2.05) is 0 Å². The Kier molecular flexibility index (Phi) is 10.3. The zero-order valence-electron chi connectivity index (χ0n) is 19.8. The average molecular weight is 427 g/mol. The number of rotatable bonds is 14. The third-order valence-corrected chi connectivity index (χ3v) is 6.17. The number of quaternary nitrogens is 1. The van der Waals surface area contributed by atoms with Crippen molar-refractivity contribution in [3.63, 3.8) is 0 Å². The molecule has 0 atom stereocenters. The van der Waals surface area contributed by atoms with Crippen LogP contribution in [0, 0.1) is 0 Å². The molecular formula is C31H40N+. The molecule has 0 bridgehead atoms. The molecule has 168 valence electrons. The summed E-state index contributed by atoms with van der Waals surface area (Å²) in [6.45, 7) is 5.28. The van der Waals surface area contributed by atoms with E-state index in [2.05, 4.69) is 110 Å². The first-order chi connectivity index (χ1) is 15.8. The molecule has 0 spiro atoms. The van der Waals surface area contributed by atoms with Crippen molar-refractivity contribution in [2.45, 2.75) is 71.5 Å². The summed E-state index contributed by atoms with van der Waals surface area (Å²) in [5.41, 5.74) is 4.18. The van der Waals surface area contributed by atoms with Crippen LogP contribution in [0.25, 0.3) is 0 Å². The number of unbranched alkanes of at least 4 members (excludes halogenated alkanes) is 6. The molecule has 0 fully saturated rings. The van der Waals surface area contributed by atoms with Crippen molar-refractivity contribution in [1.82, 2.24) is 0 Å². The van der Waals surface area contributed by atoms with Gasteiger partial charge < -0.3 is 0 Å². The lowest BCUT2D eigenvalue weighted by atomic mass is 10.1. The molecule has 3 rings (SSSR count). The SMILES string of the molecule is CCCCCCCC/C=C/[N+](Cc1ccccc1)(Cc1ccccc1)Cc1ccccc1. The summed E-state index contributed by atoms with van der Waals surface area (Å²) in [5, 5.41) is 0. The molecule has 32 heavy (non-hydrogen) atoms. The summed E-state index contributed by atoms with van der Waals surface area (Å²) >= 11 is 0. The van der Waals surface area contributed by atoms with E-state index >= 15 is 0 Å². The first-order valence-corrected chi connectivity index (χ1v) is 12.4. The van der Waals surface area contributed by atoms with Gasteiger partial charge in [0.05, 0.1) is 6.20 Å². The molecule has 1 nitrogen and oxygen atoms in total. The van der Waals surface area contributed by atoms with E-state index in [-0.39, 0.29) is 0 Å². The largest absolute Gasteiger partial charge is 0.286 e. The first-order valence-electron chi connectivity index (χ1n) is 12.4. The van der Waals surface area contributed by atoms with Crippen LogP contribution in [-0.4, -0.2) is 4.48 Å². The van der Waals surface area contributed by atoms with Crippen LogP contribution in [0.15, 0.2) is 103 Å². The van der Waals surface area contributed by atoms with E-state index in [0.29, 0.717) is 0 Å². The van der Waals surface area contributed by atoms with E-state index in [9.17, 15) is 0 Å². The fourth-order valence-electron chi connectivity index (χ4n) is 4.51. The second-order valence-electron chi connectivity index (χ2n) is 9.09. The van der Waals surface area contributed by atoms with Crippen molar-refractivity contribution < 1.29 is 4.48 Å². The van der Waals surface area contributed by atoms with Crippen molar-refractivity contribution in [1.29, 1.82) is 0 Å². The van der Waals surface area contributed by atoms with Gasteiger partial charge in [-0.05, 0) is 18.9 Å². The maximum absolute atomic E-state index is 2.50. The summed E-state index contributed by atoms with van der Waals surface area (Å²) < 4.78 is 0.911. The molecule has 1 heteroatoms. The summed E-state index contributed by atoms with van der Waals surface area (Å²) in [6.07, 6.45) is 14.2. The number of nitrogens with zero attached hydrogens (tertiary/aromatic N) is 1. The molecule has 3 aromatic carbocycles. The van der Waals surface area contributed by atoms with Crippen LogP contribution < -0.4 is 0 Å². The Morgan fingerprint density at radius 1 is 0.531 bits per heavy atom. The van der Waals surface area contributed by atoms with E-state index in [1.54, 1.807) is 0 Å². The quantitative estimate of drug-likeness (QED) is 0.179. The lowest BCUT2D eigenvalue weighted by Crippen LogP contribution is -2.40. The summed E-state index contributed by atoms with van der Waals surface area (Å²) in [5.74, 6) is 0. The second-order valence-corrected chi connectivity index (χ2v) is 9.09. The molecule has 3 aromatic rings. The first kappa shape index (κ1) is 24.0. The molecular weight excluding hydrogens is 386 g/mol. The van der Waals surface area contributed by atoms with Crippen LogP contribution in [-0.2, 0) is 19.6 Å². The molecule has 0 aromatic heterocycles. The Labute approximate surface area is 196 Å². The zero-order chi connectivity index (χ0) is 22.3. The van der Waals surface area contributed by atoms with Gasteiger partial charge in [0.25, 0.3) is 0 Å². The van der Waals surface area contributed by atoms with E-state index in [4.69, 9.17) is 0 Å². The molecule has 0 unspecified atom stereocenters. The predicted molar refractivity (Wildman–Crippen MR) is 138 cm³/mol. The van der Waals surface area contributed by atoms with Crippen molar-refractivity contribution in [3.05, 3.63) is 120 Å². The van der Waals surface area contributed by atoms with Gasteiger partial charge in [-0.15, -0.1) is 0 Å². The minimum Gasteiger partial charge on any atom is -0.286 e. The van der Waals surface area contributed by atoms with Crippen molar-refractivity contribution in [3.8, 4) is 0 Å². The highest BCUT2D eigenvalue weighted by Gasteiger charge is 2.26.